The first-order chi connectivity index (χ1) is 11.9. The first-order valence-corrected chi connectivity index (χ1v) is 10.1. The van der Waals surface area contributed by atoms with Gasteiger partial charge in [-0.15, -0.1) is 0 Å². The number of fused-ring (bicyclic) bond motifs is 2. The summed E-state index contributed by atoms with van der Waals surface area (Å²) in [4.78, 5) is 24.7. The van der Waals surface area contributed by atoms with E-state index in [4.69, 9.17) is 19.2 Å². The third-order valence-electron chi connectivity index (χ3n) is 7.08. The molecule has 4 aliphatic heterocycles. The number of ether oxygens (including phenoxy) is 2. The van der Waals surface area contributed by atoms with Crippen molar-refractivity contribution in [2.75, 3.05) is 0 Å². The van der Waals surface area contributed by atoms with E-state index >= 15 is 0 Å². The summed E-state index contributed by atoms with van der Waals surface area (Å²) in [6.45, 7) is 8.63. The number of hydrogen-bond donors (Lipinski definition) is 0. The van der Waals surface area contributed by atoms with Crippen LogP contribution < -0.4 is 0 Å². The van der Waals surface area contributed by atoms with Crippen LogP contribution in [-0.2, 0) is 24.0 Å². The lowest BCUT2D eigenvalue weighted by molar-refractivity contribution is -0.559. The zero-order valence-electron chi connectivity index (χ0n) is 16.0. The highest BCUT2D eigenvalue weighted by Gasteiger charge is 2.70. The molecule has 1 saturated carbocycles. The van der Waals surface area contributed by atoms with Crippen LogP contribution in [0.2, 0.25) is 0 Å². The zero-order valence-corrected chi connectivity index (χ0v) is 16.0. The Balaban J connectivity index is 1.65. The molecule has 5 fully saturated rings. The molecule has 0 amide bonds. The van der Waals surface area contributed by atoms with Crippen molar-refractivity contribution in [1.29, 1.82) is 0 Å². The average molecular weight is 352 g/mol. The van der Waals surface area contributed by atoms with Crippen molar-refractivity contribution >= 4 is 5.97 Å². The molecule has 0 aromatic carbocycles. The maximum absolute atomic E-state index is 12.8. The Morgan fingerprint density at radius 1 is 1.16 bits per heavy atom. The Bertz CT molecular complexity index is 534. The fourth-order valence-electron chi connectivity index (χ4n) is 5.68. The van der Waals surface area contributed by atoms with E-state index in [9.17, 15) is 4.79 Å². The molecule has 4 heterocycles. The molecule has 0 aromatic rings. The number of carbonyl (C=O) groups is 1. The smallest absolute Gasteiger partial charge is 0.311 e. The van der Waals surface area contributed by atoms with E-state index in [1.165, 1.54) is 0 Å². The topological polar surface area (TPSA) is 54.0 Å². The summed E-state index contributed by atoms with van der Waals surface area (Å²) >= 11 is 0. The van der Waals surface area contributed by atoms with E-state index < -0.39 is 17.7 Å². The van der Waals surface area contributed by atoms with E-state index in [1.807, 2.05) is 6.92 Å². The van der Waals surface area contributed by atoms with Crippen molar-refractivity contribution in [2.24, 2.45) is 29.6 Å². The Labute approximate surface area is 150 Å². The van der Waals surface area contributed by atoms with Gasteiger partial charge in [-0.1, -0.05) is 33.6 Å². The van der Waals surface area contributed by atoms with Gasteiger partial charge in [-0.05, 0) is 44.4 Å². The second-order valence-electron chi connectivity index (χ2n) is 9.28. The van der Waals surface area contributed by atoms with Crippen molar-refractivity contribution in [3.05, 3.63) is 0 Å². The predicted molar refractivity (Wildman–Crippen MR) is 91.1 cm³/mol. The van der Waals surface area contributed by atoms with Crippen LogP contribution in [0, 0.1) is 29.6 Å². The highest BCUT2D eigenvalue weighted by atomic mass is 17.3. The van der Waals surface area contributed by atoms with Crippen molar-refractivity contribution in [3.8, 4) is 0 Å². The quantitative estimate of drug-likeness (QED) is 0.560. The van der Waals surface area contributed by atoms with Crippen molar-refractivity contribution in [3.63, 3.8) is 0 Å². The second-order valence-corrected chi connectivity index (χ2v) is 9.28. The number of carbonyl (C=O) groups excluding carboxylic acids is 1. The lowest BCUT2D eigenvalue weighted by atomic mass is 9.57. The highest BCUT2D eigenvalue weighted by Crippen LogP contribution is 2.60. The molecule has 25 heavy (non-hydrogen) atoms. The predicted octanol–water partition coefficient (Wildman–Crippen LogP) is 4.20. The monoisotopic (exact) mass is 352 g/mol. The third-order valence-corrected chi connectivity index (χ3v) is 7.08. The SMILES string of the molecule is CC(C)CCC[C@H]1C(=O)O[C@@H]2O[C@@]3(C)CC[C@H]4[C@H](C)CC[C@@H]1[C@@]24OO3. The van der Waals surface area contributed by atoms with Crippen molar-refractivity contribution in [2.45, 2.75) is 90.3 Å². The van der Waals surface area contributed by atoms with Gasteiger partial charge < -0.3 is 9.47 Å². The first-order valence-electron chi connectivity index (χ1n) is 10.1. The lowest BCUT2D eigenvalue weighted by Gasteiger charge is -2.58. The zero-order chi connectivity index (χ0) is 17.8. The standard InChI is InChI=1S/C20H32O5/c1-12(2)6-5-7-14-16-9-8-13(3)15-10-11-19(4)23-18(22-17(14)21)20(15,16)25-24-19/h12-16,18H,5-11H2,1-4H3/t13-,14-,15+,16+,18-,19-,20-/m1/s1. The lowest BCUT2D eigenvalue weighted by Crippen LogP contribution is -2.70. The normalized spacial score (nSPS) is 48.8. The fraction of sp³-hybridized carbons (Fsp3) is 0.950. The van der Waals surface area contributed by atoms with E-state index in [0.29, 0.717) is 17.8 Å². The maximum atomic E-state index is 12.8. The molecule has 142 valence electrons. The van der Waals surface area contributed by atoms with E-state index in [0.717, 1.165) is 44.9 Å². The molecule has 5 heteroatoms. The first kappa shape index (κ1) is 17.7. The van der Waals surface area contributed by atoms with E-state index in [-0.39, 0.29) is 17.8 Å². The van der Waals surface area contributed by atoms with Gasteiger partial charge in [0.05, 0.1) is 5.92 Å². The van der Waals surface area contributed by atoms with Gasteiger partial charge in [0, 0.05) is 18.3 Å². The minimum Gasteiger partial charge on any atom is -0.432 e. The van der Waals surface area contributed by atoms with Crippen LogP contribution in [0.25, 0.3) is 0 Å². The largest absolute Gasteiger partial charge is 0.432 e. The summed E-state index contributed by atoms with van der Waals surface area (Å²) in [6, 6.07) is 0. The third kappa shape index (κ3) is 2.74. The Morgan fingerprint density at radius 3 is 2.72 bits per heavy atom. The van der Waals surface area contributed by atoms with Gasteiger partial charge in [0.15, 0.2) is 5.60 Å². The minimum atomic E-state index is -0.803. The van der Waals surface area contributed by atoms with Gasteiger partial charge >= 0.3 is 5.97 Å². The molecule has 1 spiro atoms. The van der Waals surface area contributed by atoms with Gasteiger partial charge in [-0.3, -0.25) is 4.79 Å². The molecule has 0 unspecified atom stereocenters. The summed E-state index contributed by atoms with van der Waals surface area (Å²) in [6.07, 6.45) is 6.34. The summed E-state index contributed by atoms with van der Waals surface area (Å²) < 4.78 is 12.0. The number of esters is 1. The van der Waals surface area contributed by atoms with Gasteiger partial charge in [-0.2, -0.15) is 0 Å². The fourth-order valence-corrected chi connectivity index (χ4v) is 5.68. The molecule has 5 nitrogen and oxygen atoms in total. The van der Waals surface area contributed by atoms with Crippen LogP contribution in [-0.4, -0.2) is 23.6 Å². The summed E-state index contributed by atoms with van der Waals surface area (Å²) in [5.41, 5.74) is -0.621. The Morgan fingerprint density at radius 2 is 1.96 bits per heavy atom. The van der Waals surface area contributed by atoms with Crippen LogP contribution in [0.4, 0.5) is 0 Å². The van der Waals surface area contributed by atoms with Crippen LogP contribution in [0.3, 0.4) is 0 Å². The molecule has 5 aliphatic rings. The molecule has 0 radical (unpaired) electrons. The number of hydrogen-bond acceptors (Lipinski definition) is 5. The summed E-state index contributed by atoms with van der Waals surface area (Å²) in [7, 11) is 0. The average Bonchev–Trinajstić information content (AvgIpc) is 2.77. The summed E-state index contributed by atoms with van der Waals surface area (Å²) in [5, 5.41) is 0. The molecule has 7 atom stereocenters. The van der Waals surface area contributed by atoms with Crippen molar-refractivity contribution in [1.82, 2.24) is 0 Å². The molecule has 4 saturated heterocycles. The summed E-state index contributed by atoms with van der Waals surface area (Å²) in [5.74, 6) is 0.635. The Hall–Kier alpha value is -0.650. The van der Waals surface area contributed by atoms with Gasteiger partial charge in [-0.25, -0.2) is 9.78 Å². The van der Waals surface area contributed by atoms with Crippen LogP contribution >= 0.6 is 0 Å². The molecule has 0 aromatic heterocycles. The van der Waals surface area contributed by atoms with Gasteiger partial charge in [0.25, 0.3) is 0 Å². The molecular formula is C20H32O5. The van der Waals surface area contributed by atoms with E-state index in [1.54, 1.807) is 0 Å². The van der Waals surface area contributed by atoms with Crippen LogP contribution in [0.5, 0.6) is 0 Å². The van der Waals surface area contributed by atoms with Crippen LogP contribution in [0.1, 0.15) is 72.6 Å². The Kier molecular flexibility index (Phi) is 4.41. The van der Waals surface area contributed by atoms with Crippen molar-refractivity contribution < 1.29 is 24.0 Å². The van der Waals surface area contributed by atoms with E-state index in [2.05, 4.69) is 20.8 Å². The molecular weight excluding hydrogens is 320 g/mol. The number of rotatable bonds is 4. The molecule has 0 N–H and O–H groups in total. The molecule has 1 aliphatic carbocycles. The van der Waals surface area contributed by atoms with Gasteiger partial charge in [0.1, 0.15) is 0 Å². The van der Waals surface area contributed by atoms with Gasteiger partial charge in [0.2, 0.25) is 12.1 Å². The molecule has 5 rings (SSSR count). The maximum Gasteiger partial charge on any atom is 0.311 e. The van der Waals surface area contributed by atoms with Crippen LogP contribution in [0.15, 0.2) is 0 Å². The molecule has 2 bridgehead atoms. The second kappa shape index (κ2) is 6.21. The highest BCUT2D eigenvalue weighted by molar-refractivity contribution is 5.74. The minimum absolute atomic E-state index is 0.0975.